The molecule has 1 saturated heterocycles. The van der Waals surface area contributed by atoms with Crippen LogP contribution < -0.4 is 0 Å². The zero-order valence-corrected chi connectivity index (χ0v) is 16.1. The van der Waals surface area contributed by atoms with Crippen molar-refractivity contribution in [2.75, 3.05) is 32.7 Å². The molecule has 2 aromatic heterocycles. The lowest BCUT2D eigenvalue weighted by Gasteiger charge is -2.37. The first-order valence-corrected chi connectivity index (χ1v) is 9.77. The lowest BCUT2D eigenvalue weighted by molar-refractivity contribution is -0.144. The monoisotopic (exact) mass is 378 g/mol. The van der Waals surface area contributed by atoms with E-state index in [1.807, 2.05) is 37.6 Å². The number of nitrogens with zero attached hydrogens (tertiary/aromatic N) is 3. The minimum absolute atomic E-state index is 0.613. The van der Waals surface area contributed by atoms with Gasteiger partial charge in [0.05, 0.1) is 0 Å². The number of fused-ring (bicyclic) bond motifs is 1. The van der Waals surface area contributed by atoms with Gasteiger partial charge in [-0.2, -0.15) is 0 Å². The minimum Gasteiger partial charge on any atom is -0.480 e. The van der Waals surface area contributed by atoms with Gasteiger partial charge in [-0.05, 0) is 43.2 Å². The van der Waals surface area contributed by atoms with Crippen LogP contribution in [0.1, 0.15) is 22.7 Å². The molecule has 0 bridgehead atoms. The van der Waals surface area contributed by atoms with E-state index < -0.39 is 12.0 Å². The van der Waals surface area contributed by atoms with Crippen molar-refractivity contribution >= 4 is 16.9 Å². The number of carbonyl (C=O) groups is 1. The van der Waals surface area contributed by atoms with E-state index in [4.69, 9.17) is 0 Å². The molecule has 0 amide bonds. The number of hydrogen-bond acceptors (Lipinski definition) is 4. The highest BCUT2D eigenvalue weighted by Crippen LogP contribution is 2.30. The van der Waals surface area contributed by atoms with Crippen molar-refractivity contribution < 1.29 is 9.90 Å². The number of nitrogens with one attached hydrogen (secondary N) is 1. The standard InChI is InChI=1S/C22H26N4O2/c1-16-2-3-20-18(14-16)19(15-24-20)21(22(27)28)26-12-10-25(11-13-26)9-6-17-4-7-23-8-5-17/h2-5,7-8,14-15,21,24H,6,9-13H2,1H3,(H,27,28)/t21-/m1/s1. The maximum absolute atomic E-state index is 12.1. The van der Waals surface area contributed by atoms with Crippen molar-refractivity contribution in [3.63, 3.8) is 0 Å². The highest BCUT2D eigenvalue weighted by Gasteiger charge is 2.32. The second-order valence-corrected chi connectivity index (χ2v) is 7.52. The zero-order valence-electron chi connectivity index (χ0n) is 16.1. The van der Waals surface area contributed by atoms with E-state index in [0.717, 1.165) is 61.2 Å². The van der Waals surface area contributed by atoms with E-state index in [1.54, 1.807) is 0 Å². The number of aliphatic carboxylic acids is 1. The van der Waals surface area contributed by atoms with Crippen LogP contribution >= 0.6 is 0 Å². The number of benzene rings is 1. The molecule has 6 nitrogen and oxygen atoms in total. The van der Waals surface area contributed by atoms with Crippen molar-refractivity contribution in [1.29, 1.82) is 0 Å². The normalized spacial score (nSPS) is 17.0. The molecule has 2 N–H and O–H groups in total. The molecule has 28 heavy (non-hydrogen) atoms. The molecule has 0 unspecified atom stereocenters. The molecule has 0 radical (unpaired) electrons. The van der Waals surface area contributed by atoms with E-state index in [1.165, 1.54) is 5.56 Å². The Labute approximate surface area is 164 Å². The van der Waals surface area contributed by atoms with Crippen LogP contribution in [0.15, 0.2) is 48.9 Å². The van der Waals surface area contributed by atoms with Gasteiger partial charge in [0.15, 0.2) is 0 Å². The maximum atomic E-state index is 12.1. The molecule has 1 fully saturated rings. The van der Waals surface area contributed by atoms with E-state index in [9.17, 15) is 9.90 Å². The quantitative estimate of drug-likeness (QED) is 0.690. The fourth-order valence-electron chi connectivity index (χ4n) is 4.05. The van der Waals surface area contributed by atoms with Gasteiger partial charge < -0.3 is 15.0 Å². The summed E-state index contributed by atoms with van der Waals surface area (Å²) in [6.45, 7) is 6.31. The van der Waals surface area contributed by atoms with Crippen LogP contribution in [0.5, 0.6) is 0 Å². The molecule has 3 heterocycles. The summed E-state index contributed by atoms with van der Waals surface area (Å²) in [5.74, 6) is -0.785. The highest BCUT2D eigenvalue weighted by atomic mass is 16.4. The van der Waals surface area contributed by atoms with Gasteiger partial charge in [0.2, 0.25) is 0 Å². The van der Waals surface area contributed by atoms with Crippen molar-refractivity contribution in [3.8, 4) is 0 Å². The van der Waals surface area contributed by atoms with Gasteiger partial charge in [-0.15, -0.1) is 0 Å². The van der Waals surface area contributed by atoms with Crippen LogP contribution in [0.2, 0.25) is 0 Å². The summed E-state index contributed by atoms with van der Waals surface area (Å²) in [6, 6.07) is 9.62. The lowest BCUT2D eigenvalue weighted by Crippen LogP contribution is -2.49. The molecule has 6 heteroatoms. The van der Waals surface area contributed by atoms with Crippen molar-refractivity contribution in [3.05, 3.63) is 65.6 Å². The SMILES string of the molecule is Cc1ccc2[nH]cc([C@H](C(=O)O)N3CCN(CCc4ccncc4)CC3)c2c1. The highest BCUT2D eigenvalue weighted by molar-refractivity contribution is 5.89. The van der Waals surface area contributed by atoms with Gasteiger partial charge in [0.1, 0.15) is 6.04 Å². The first kappa shape index (κ1) is 18.7. The number of aromatic nitrogens is 2. The Balaban J connectivity index is 1.44. The fourth-order valence-corrected chi connectivity index (χ4v) is 4.05. The van der Waals surface area contributed by atoms with Gasteiger partial charge in [0.25, 0.3) is 0 Å². The third kappa shape index (κ3) is 3.93. The van der Waals surface area contributed by atoms with Crippen molar-refractivity contribution in [1.82, 2.24) is 19.8 Å². The van der Waals surface area contributed by atoms with Crippen molar-refractivity contribution in [2.45, 2.75) is 19.4 Å². The minimum atomic E-state index is -0.785. The molecule has 1 aliphatic rings. The average molecular weight is 378 g/mol. The van der Waals surface area contributed by atoms with Gasteiger partial charge in [-0.1, -0.05) is 11.6 Å². The van der Waals surface area contributed by atoms with Crippen molar-refractivity contribution in [2.24, 2.45) is 0 Å². The number of aryl methyl sites for hydroxylation is 1. The molecular formula is C22H26N4O2. The first-order chi connectivity index (χ1) is 13.6. The van der Waals surface area contributed by atoms with Gasteiger partial charge in [0, 0.05) is 67.8 Å². The molecule has 0 spiro atoms. The summed E-state index contributed by atoms with van der Waals surface area (Å²) in [4.78, 5) is 23.9. The topological polar surface area (TPSA) is 72.5 Å². The Morgan fingerprint density at radius 2 is 1.93 bits per heavy atom. The van der Waals surface area contributed by atoms with E-state index >= 15 is 0 Å². The number of H-pyrrole nitrogens is 1. The number of carboxylic acids is 1. The van der Waals surface area contributed by atoms with Crippen LogP contribution in [-0.2, 0) is 11.2 Å². The average Bonchev–Trinajstić information content (AvgIpc) is 3.11. The number of rotatable bonds is 6. The number of aromatic amines is 1. The Hall–Kier alpha value is -2.70. The van der Waals surface area contributed by atoms with E-state index in [0.29, 0.717) is 0 Å². The molecule has 146 valence electrons. The van der Waals surface area contributed by atoms with Crippen LogP contribution in [0.25, 0.3) is 10.9 Å². The van der Waals surface area contributed by atoms with Crippen LogP contribution in [0, 0.1) is 6.92 Å². The predicted molar refractivity (Wildman–Crippen MR) is 109 cm³/mol. The van der Waals surface area contributed by atoms with Crippen LogP contribution in [0.4, 0.5) is 0 Å². The van der Waals surface area contributed by atoms with Gasteiger partial charge in [-0.25, -0.2) is 0 Å². The van der Waals surface area contributed by atoms with Crippen LogP contribution in [0.3, 0.4) is 0 Å². The number of piperazine rings is 1. The summed E-state index contributed by atoms with van der Waals surface area (Å²) < 4.78 is 0. The summed E-state index contributed by atoms with van der Waals surface area (Å²) in [5.41, 5.74) is 4.27. The largest absolute Gasteiger partial charge is 0.480 e. The molecule has 0 aliphatic carbocycles. The molecular weight excluding hydrogens is 352 g/mol. The smallest absolute Gasteiger partial charge is 0.325 e. The summed E-state index contributed by atoms with van der Waals surface area (Å²) >= 11 is 0. The first-order valence-electron chi connectivity index (χ1n) is 9.77. The molecule has 3 aromatic rings. The maximum Gasteiger partial charge on any atom is 0.325 e. The molecule has 1 atom stereocenters. The lowest BCUT2D eigenvalue weighted by atomic mass is 10.0. The third-order valence-corrected chi connectivity index (χ3v) is 5.64. The summed E-state index contributed by atoms with van der Waals surface area (Å²) in [6.07, 6.45) is 6.51. The molecule has 1 aromatic carbocycles. The Morgan fingerprint density at radius 3 is 2.64 bits per heavy atom. The number of pyridine rings is 1. The molecule has 0 saturated carbocycles. The Morgan fingerprint density at radius 1 is 1.18 bits per heavy atom. The van der Waals surface area contributed by atoms with Gasteiger partial charge in [-0.3, -0.25) is 14.7 Å². The second-order valence-electron chi connectivity index (χ2n) is 7.52. The van der Waals surface area contributed by atoms with E-state index in [-0.39, 0.29) is 0 Å². The second kappa shape index (κ2) is 8.12. The summed E-state index contributed by atoms with van der Waals surface area (Å²) in [5, 5.41) is 11.0. The van der Waals surface area contributed by atoms with E-state index in [2.05, 4.69) is 38.0 Å². The Bertz CT molecular complexity index is 946. The van der Waals surface area contributed by atoms with Gasteiger partial charge >= 0.3 is 5.97 Å². The van der Waals surface area contributed by atoms with Crippen LogP contribution in [-0.4, -0.2) is 63.6 Å². The third-order valence-electron chi connectivity index (χ3n) is 5.64. The number of carboxylic acid groups (broad SMARTS) is 1. The summed E-state index contributed by atoms with van der Waals surface area (Å²) in [7, 11) is 0. The number of hydrogen-bond donors (Lipinski definition) is 2. The Kier molecular flexibility index (Phi) is 5.41. The zero-order chi connectivity index (χ0) is 19.5. The molecule has 1 aliphatic heterocycles. The fraction of sp³-hybridized carbons (Fsp3) is 0.364. The predicted octanol–water partition coefficient (Wildman–Crippen LogP) is 2.86. The molecule has 4 rings (SSSR count).